The zero-order valence-corrected chi connectivity index (χ0v) is 23.5. The van der Waals surface area contributed by atoms with Crippen LogP contribution >= 0.6 is 0 Å². The van der Waals surface area contributed by atoms with Crippen molar-refractivity contribution in [3.05, 3.63) is 151 Å². The molecule has 0 amide bonds. The first kappa shape index (κ1) is 24.4. The van der Waals surface area contributed by atoms with E-state index in [2.05, 4.69) is 158 Å². The van der Waals surface area contributed by atoms with Crippen molar-refractivity contribution in [1.82, 2.24) is 4.57 Å². The summed E-state index contributed by atoms with van der Waals surface area (Å²) in [5, 5.41) is 10.1. The van der Waals surface area contributed by atoms with Crippen molar-refractivity contribution in [1.29, 1.82) is 0 Å². The van der Waals surface area contributed by atoms with Gasteiger partial charge in [0.15, 0.2) is 0 Å². The maximum Gasteiger partial charge on any atom is 0.0547 e. The number of allylic oxidation sites excluding steroid dienone is 1. The summed E-state index contributed by atoms with van der Waals surface area (Å²) in [7, 11) is 0. The van der Waals surface area contributed by atoms with Crippen molar-refractivity contribution >= 4 is 66.3 Å². The molecule has 8 rings (SSSR count). The Hall–Kier alpha value is -5.40. The average Bonchev–Trinajstić information content (AvgIpc) is 3.39. The normalized spacial score (nSPS) is 11.9. The Kier molecular flexibility index (Phi) is 5.58. The molecule has 0 aliphatic rings. The zero-order chi connectivity index (χ0) is 28.2. The Morgan fingerprint density at radius 3 is 2.00 bits per heavy atom. The first-order valence-electron chi connectivity index (χ1n) is 14.5. The van der Waals surface area contributed by atoms with Crippen LogP contribution in [0.5, 0.6) is 0 Å². The molecule has 0 spiro atoms. The third-order valence-electron chi connectivity index (χ3n) is 8.65. The third kappa shape index (κ3) is 3.64. The lowest BCUT2D eigenvalue weighted by molar-refractivity contribution is 1.20. The van der Waals surface area contributed by atoms with Crippen LogP contribution in [0.1, 0.15) is 18.1 Å². The highest BCUT2D eigenvalue weighted by Gasteiger charge is 2.16. The van der Waals surface area contributed by atoms with E-state index in [-0.39, 0.29) is 0 Å². The van der Waals surface area contributed by atoms with Crippen LogP contribution in [0.2, 0.25) is 0 Å². The number of hydrogen-bond donors (Lipinski definition) is 0. The minimum atomic E-state index is 1.15. The number of benzene rings is 7. The minimum absolute atomic E-state index is 1.15. The number of rotatable bonds is 4. The van der Waals surface area contributed by atoms with E-state index < -0.39 is 0 Å². The molecule has 0 radical (unpaired) electrons. The smallest absolute Gasteiger partial charge is 0.0547 e. The van der Waals surface area contributed by atoms with Crippen molar-refractivity contribution < 1.29 is 0 Å². The van der Waals surface area contributed by atoms with Crippen LogP contribution in [0.4, 0.5) is 0 Å². The van der Waals surface area contributed by atoms with Crippen molar-refractivity contribution in [2.24, 2.45) is 0 Å². The predicted molar refractivity (Wildman–Crippen MR) is 184 cm³/mol. The Balaban J connectivity index is 1.42. The van der Waals surface area contributed by atoms with Crippen molar-refractivity contribution in [2.45, 2.75) is 6.92 Å². The molecule has 1 heteroatoms. The van der Waals surface area contributed by atoms with Crippen LogP contribution in [0, 0.1) is 0 Å². The molecule has 1 heterocycles. The van der Waals surface area contributed by atoms with Crippen LogP contribution in [0.25, 0.3) is 83.1 Å². The van der Waals surface area contributed by atoms with E-state index >= 15 is 0 Å². The Morgan fingerprint density at radius 1 is 0.548 bits per heavy atom. The van der Waals surface area contributed by atoms with Gasteiger partial charge in [-0.1, -0.05) is 122 Å². The summed E-state index contributed by atoms with van der Waals surface area (Å²) in [6.45, 7) is 6.12. The van der Waals surface area contributed by atoms with E-state index in [1.54, 1.807) is 0 Å². The van der Waals surface area contributed by atoms with Gasteiger partial charge >= 0.3 is 0 Å². The molecule has 1 nitrogen and oxygen atoms in total. The van der Waals surface area contributed by atoms with Gasteiger partial charge in [-0.15, -0.1) is 0 Å². The van der Waals surface area contributed by atoms with Crippen LogP contribution < -0.4 is 0 Å². The van der Waals surface area contributed by atoms with Crippen molar-refractivity contribution in [3.63, 3.8) is 0 Å². The lowest BCUT2D eigenvalue weighted by Crippen LogP contribution is -1.95. The summed E-state index contributed by atoms with van der Waals surface area (Å²) >= 11 is 0. The molecule has 42 heavy (non-hydrogen) atoms. The Bertz CT molecular complexity index is 2380. The first-order chi connectivity index (χ1) is 20.7. The van der Waals surface area contributed by atoms with Gasteiger partial charge in [-0.25, -0.2) is 0 Å². The second kappa shape index (κ2) is 9.61. The van der Waals surface area contributed by atoms with Gasteiger partial charge in [0.2, 0.25) is 0 Å². The summed E-state index contributed by atoms with van der Waals surface area (Å²) in [6, 6.07) is 46.7. The molecule has 0 aliphatic heterocycles. The molecule has 0 atom stereocenters. The molecule has 0 fully saturated rings. The molecule has 7 aromatic carbocycles. The van der Waals surface area contributed by atoms with E-state index in [4.69, 9.17) is 0 Å². The highest BCUT2D eigenvalue weighted by molar-refractivity contribution is 6.22. The third-order valence-corrected chi connectivity index (χ3v) is 8.65. The van der Waals surface area contributed by atoms with Crippen molar-refractivity contribution in [2.75, 3.05) is 0 Å². The molecule has 0 saturated carbocycles. The number of hydrogen-bond acceptors (Lipinski definition) is 0. The van der Waals surface area contributed by atoms with Gasteiger partial charge in [0.05, 0.1) is 16.7 Å². The molecule has 198 valence electrons. The van der Waals surface area contributed by atoms with Gasteiger partial charge in [-0.3, -0.25) is 0 Å². The fraction of sp³-hybridized carbons (Fsp3) is 0.0244. The van der Waals surface area contributed by atoms with Crippen LogP contribution in [0.3, 0.4) is 0 Å². The fourth-order valence-electron chi connectivity index (χ4n) is 6.70. The lowest BCUT2D eigenvalue weighted by atomic mass is 9.93. The average molecular weight is 536 g/mol. The van der Waals surface area contributed by atoms with Crippen LogP contribution in [-0.2, 0) is 0 Å². The predicted octanol–water partition coefficient (Wildman–Crippen LogP) is 11.6. The summed E-state index contributed by atoms with van der Waals surface area (Å²) in [5.41, 5.74) is 8.45. The molecule has 0 unspecified atom stereocenters. The van der Waals surface area contributed by atoms with E-state index in [1.165, 1.54) is 76.5 Å². The Labute approximate surface area is 245 Å². The van der Waals surface area contributed by atoms with Gasteiger partial charge < -0.3 is 4.57 Å². The van der Waals surface area contributed by atoms with E-state index in [1.807, 2.05) is 6.08 Å². The van der Waals surface area contributed by atoms with Gasteiger partial charge in [-0.2, -0.15) is 0 Å². The number of aromatic nitrogens is 1. The quantitative estimate of drug-likeness (QED) is 0.211. The van der Waals surface area contributed by atoms with Gasteiger partial charge in [-0.05, 0) is 86.4 Å². The van der Waals surface area contributed by atoms with E-state index in [0.717, 1.165) is 5.56 Å². The summed E-state index contributed by atoms with van der Waals surface area (Å²) in [6.07, 6.45) is 6.24. The largest absolute Gasteiger partial charge is 0.309 e. The zero-order valence-electron chi connectivity index (χ0n) is 23.5. The maximum absolute atomic E-state index is 4.05. The van der Waals surface area contributed by atoms with Crippen LogP contribution in [0.15, 0.2) is 140 Å². The van der Waals surface area contributed by atoms with Gasteiger partial charge in [0.25, 0.3) is 0 Å². The minimum Gasteiger partial charge on any atom is -0.309 e. The lowest BCUT2D eigenvalue weighted by Gasteiger charge is -2.12. The number of para-hydroxylation sites is 1. The molecule has 8 aromatic rings. The highest BCUT2D eigenvalue weighted by Crippen LogP contribution is 2.40. The second-order valence-electron chi connectivity index (χ2n) is 11.0. The molecule has 0 saturated heterocycles. The molecule has 1 aromatic heterocycles. The molecule has 0 N–H and O–H groups in total. The standard InChI is InChI=1S/C41H29N/c1-3-10-33-27(4-2)17-18-29-19-21-31(25-36(29)33)32-22-20-30-23-24-40-41(37(30)26-32)35-14-7-8-15-39(35)42(40)38-16-9-12-28-11-5-6-13-34(28)38/h3-26H,2H2,1H3/b10-3-. The maximum atomic E-state index is 4.05. The highest BCUT2D eigenvalue weighted by atomic mass is 15.0. The monoisotopic (exact) mass is 535 g/mol. The topological polar surface area (TPSA) is 4.93 Å². The summed E-state index contributed by atoms with van der Waals surface area (Å²) in [5.74, 6) is 0. The van der Waals surface area contributed by atoms with Gasteiger partial charge in [0, 0.05) is 16.2 Å². The summed E-state index contributed by atoms with van der Waals surface area (Å²) < 4.78 is 2.44. The second-order valence-corrected chi connectivity index (χ2v) is 11.0. The number of fused-ring (bicyclic) bond motifs is 7. The summed E-state index contributed by atoms with van der Waals surface area (Å²) in [4.78, 5) is 0. The molecule has 0 bridgehead atoms. The van der Waals surface area contributed by atoms with E-state index in [9.17, 15) is 0 Å². The van der Waals surface area contributed by atoms with Crippen LogP contribution in [-0.4, -0.2) is 4.57 Å². The first-order valence-corrected chi connectivity index (χ1v) is 14.5. The van der Waals surface area contributed by atoms with E-state index in [0.29, 0.717) is 0 Å². The fourth-order valence-corrected chi connectivity index (χ4v) is 6.70. The Morgan fingerprint density at radius 2 is 1.19 bits per heavy atom. The SMILES string of the molecule is C=Cc1ccc2ccc(-c3ccc4ccc5c(c4c3)c3ccccc3n5-c3cccc4ccccc34)cc2c1/C=C\C. The molecular formula is C41H29N. The molecule has 0 aliphatic carbocycles. The van der Waals surface area contributed by atoms with Crippen molar-refractivity contribution in [3.8, 4) is 16.8 Å². The number of nitrogens with zero attached hydrogens (tertiary/aromatic N) is 1. The van der Waals surface area contributed by atoms with Gasteiger partial charge in [0.1, 0.15) is 0 Å². The molecular weight excluding hydrogens is 506 g/mol.